The van der Waals surface area contributed by atoms with Crippen LogP contribution in [-0.2, 0) is 0 Å². The summed E-state index contributed by atoms with van der Waals surface area (Å²) in [6, 6.07) is 10.1. The van der Waals surface area contributed by atoms with Crippen LogP contribution in [0.5, 0.6) is 5.75 Å². The summed E-state index contributed by atoms with van der Waals surface area (Å²) in [4.78, 5) is 11.9. The summed E-state index contributed by atoms with van der Waals surface area (Å²) < 4.78 is 30.8. The van der Waals surface area contributed by atoms with Crippen LogP contribution in [0, 0.1) is 11.6 Å². The molecular formula is C16H12F2O2. The number of rotatable bonds is 4. The van der Waals surface area contributed by atoms with Gasteiger partial charge in [0.05, 0.1) is 7.11 Å². The summed E-state index contributed by atoms with van der Waals surface area (Å²) in [5.74, 6) is -1.42. The Morgan fingerprint density at radius 3 is 2.35 bits per heavy atom. The van der Waals surface area contributed by atoms with Gasteiger partial charge < -0.3 is 4.74 Å². The SMILES string of the molecule is COc1ccc(C(=O)/C=C/c2ccc(F)c(F)c2)cc1. The van der Waals surface area contributed by atoms with E-state index in [1.807, 2.05) is 0 Å². The minimum absolute atomic E-state index is 0.225. The Bertz CT molecular complexity index is 646. The maximum Gasteiger partial charge on any atom is 0.185 e. The highest BCUT2D eigenvalue weighted by molar-refractivity contribution is 6.06. The van der Waals surface area contributed by atoms with E-state index in [0.717, 1.165) is 12.1 Å². The monoisotopic (exact) mass is 274 g/mol. The summed E-state index contributed by atoms with van der Waals surface area (Å²) >= 11 is 0. The number of carbonyl (C=O) groups excluding carboxylic acids is 1. The van der Waals surface area contributed by atoms with Crippen molar-refractivity contribution in [2.75, 3.05) is 7.11 Å². The average Bonchev–Trinajstić information content (AvgIpc) is 2.48. The molecule has 0 N–H and O–H groups in total. The largest absolute Gasteiger partial charge is 0.497 e. The second-order valence-electron chi connectivity index (χ2n) is 4.10. The molecular weight excluding hydrogens is 262 g/mol. The lowest BCUT2D eigenvalue weighted by Gasteiger charge is -2.00. The number of methoxy groups -OCH3 is 1. The highest BCUT2D eigenvalue weighted by Gasteiger charge is 2.03. The standard InChI is InChI=1S/C16H12F2O2/c1-20-13-6-4-12(5-7-13)16(19)9-3-11-2-8-14(17)15(18)10-11/h2-10H,1H3/b9-3+. The predicted molar refractivity (Wildman–Crippen MR) is 72.7 cm³/mol. The molecule has 0 saturated heterocycles. The van der Waals surface area contributed by atoms with Gasteiger partial charge in [-0.15, -0.1) is 0 Å². The van der Waals surface area contributed by atoms with Gasteiger partial charge in [-0.1, -0.05) is 12.1 Å². The Balaban J connectivity index is 2.13. The van der Waals surface area contributed by atoms with Crippen molar-refractivity contribution in [3.8, 4) is 5.75 Å². The molecule has 0 amide bonds. The van der Waals surface area contributed by atoms with Crippen LogP contribution in [0.3, 0.4) is 0 Å². The molecule has 4 heteroatoms. The fraction of sp³-hybridized carbons (Fsp3) is 0.0625. The smallest absolute Gasteiger partial charge is 0.185 e. The van der Waals surface area contributed by atoms with Crippen molar-refractivity contribution in [1.29, 1.82) is 0 Å². The fourth-order valence-electron chi connectivity index (χ4n) is 1.64. The number of allylic oxidation sites excluding steroid dienone is 1. The lowest BCUT2D eigenvalue weighted by molar-refractivity contribution is 0.104. The third-order valence-electron chi connectivity index (χ3n) is 2.75. The Morgan fingerprint density at radius 1 is 1.05 bits per heavy atom. The van der Waals surface area contributed by atoms with Gasteiger partial charge in [0.25, 0.3) is 0 Å². The number of ketones is 1. The van der Waals surface area contributed by atoms with Gasteiger partial charge in [-0.2, -0.15) is 0 Å². The summed E-state index contributed by atoms with van der Waals surface area (Å²) in [6.45, 7) is 0. The zero-order valence-electron chi connectivity index (χ0n) is 10.8. The van der Waals surface area contributed by atoms with E-state index in [0.29, 0.717) is 16.9 Å². The van der Waals surface area contributed by atoms with Gasteiger partial charge in [0.2, 0.25) is 0 Å². The Hall–Kier alpha value is -2.49. The van der Waals surface area contributed by atoms with Gasteiger partial charge >= 0.3 is 0 Å². The number of ether oxygens (including phenoxy) is 1. The fourth-order valence-corrected chi connectivity index (χ4v) is 1.64. The van der Waals surface area contributed by atoms with Crippen molar-refractivity contribution >= 4 is 11.9 Å². The van der Waals surface area contributed by atoms with Crippen LogP contribution in [0.4, 0.5) is 8.78 Å². The van der Waals surface area contributed by atoms with Crippen molar-refractivity contribution < 1.29 is 18.3 Å². The van der Waals surface area contributed by atoms with Crippen LogP contribution >= 0.6 is 0 Å². The van der Waals surface area contributed by atoms with E-state index in [4.69, 9.17) is 4.74 Å². The number of hydrogen-bond donors (Lipinski definition) is 0. The lowest BCUT2D eigenvalue weighted by atomic mass is 10.1. The molecule has 0 aliphatic rings. The molecule has 0 spiro atoms. The van der Waals surface area contributed by atoms with Gasteiger partial charge in [0.1, 0.15) is 5.75 Å². The normalized spacial score (nSPS) is 10.8. The number of hydrogen-bond acceptors (Lipinski definition) is 2. The molecule has 2 aromatic rings. The molecule has 0 aliphatic carbocycles. The first-order valence-electron chi connectivity index (χ1n) is 5.91. The van der Waals surface area contributed by atoms with E-state index in [2.05, 4.69) is 0 Å². The first-order chi connectivity index (χ1) is 9.60. The van der Waals surface area contributed by atoms with Crippen LogP contribution < -0.4 is 4.74 Å². The summed E-state index contributed by atoms with van der Waals surface area (Å²) in [6.07, 6.45) is 2.75. The molecule has 2 aromatic carbocycles. The molecule has 0 bridgehead atoms. The highest BCUT2D eigenvalue weighted by Crippen LogP contribution is 2.14. The minimum atomic E-state index is -0.941. The quantitative estimate of drug-likeness (QED) is 0.625. The Kier molecular flexibility index (Phi) is 4.25. The first kappa shape index (κ1) is 13.9. The molecule has 0 aliphatic heterocycles. The second-order valence-corrected chi connectivity index (χ2v) is 4.10. The number of halogens is 2. The second kappa shape index (κ2) is 6.10. The molecule has 0 heterocycles. The predicted octanol–water partition coefficient (Wildman–Crippen LogP) is 3.87. The third-order valence-corrected chi connectivity index (χ3v) is 2.75. The molecule has 102 valence electrons. The molecule has 0 fully saturated rings. The molecule has 0 radical (unpaired) electrons. The molecule has 0 atom stereocenters. The molecule has 0 saturated carbocycles. The number of benzene rings is 2. The summed E-state index contributed by atoms with van der Waals surface area (Å²) in [7, 11) is 1.54. The van der Waals surface area contributed by atoms with Gasteiger partial charge in [0.15, 0.2) is 17.4 Å². The molecule has 2 nitrogen and oxygen atoms in total. The van der Waals surface area contributed by atoms with Crippen LogP contribution in [0.2, 0.25) is 0 Å². The van der Waals surface area contributed by atoms with E-state index in [1.54, 1.807) is 31.4 Å². The maximum absolute atomic E-state index is 13.0. The van der Waals surface area contributed by atoms with E-state index in [-0.39, 0.29) is 5.78 Å². The Morgan fingerprint density at radius 2 is 1.75 bits per heavy atom. The lowest BCUT2D eigenvalue weighted by Crippen LogP contribution is -1.94. The zero-order chi connectivity index (χ0) is 14.5. The molecule has 2 rings (SSSR count). The average molecular weight is 274 g/mol. The van der Waals surface area contributed by atoms with Crippen LogP contribution in [0.25, 0.3) is 6.08 Å². The van der Waals surface area contributed by atoms with E-state index < -0.39 is 11.6 Å². The van der Waals surface area contributed by atoms with Crippen LogP contribution in [0.15, 0.2) is 48.5 Å². The van der Waals surface area contributed by atoms with E-state index >= 15 is 0 Å². The maximum atomic E-state index is 13.0. The van der Waals surface area contributed by atoms with Crippen molar-refractivity contribution in [2.24, 2.45) is 0 Å². The first-order valence-corrected chi connectivity index (χ1v) is 5.91. The summed E-state index contributed by atoms with van der Waals surface area (Å²) in [5.41, 5.74) is 0.912. The molecule has 0 aromatic heterocycles. The number of carbonyl (C=O) groups is 1. The van der Waals surface area contributed by atoms with Crippen LogP contribution in [0.1, 0.15) is 15.9 Å². The highest BCUT2D eigenvalue weighted by atomic mass is 19.2. The van der Waals surface area contributed by atoms with Gasteiger partial charge in [-0.3, -0.25) is 4.79 Å². The van der Waals surface area contributed by atoms with Crippen molar-refractivity contribution in [3.63, 3.8) is 0 Å². The Labute approximate surface area is 115 Å². The topological polar surface area (TPSA) is 26.3 Å². The van der Waals surface area contributed by atoms with Gasteiger partial charge in [0, 0.05) is 5.56 Å². The van der Waals surface area contributed by atoms with Gasteiger partial charge in [-0.25, -0.2) is 8.78 Å². The third kappa shape index (κ3) is 3.29. The van der Waals surface area contributed by atoms with E-state index in [9.17, 15) is 13.6 Å². The molecule has 20 heavy (non-hydrogen) atoms. The van der Waals surface area contributed by atoms with Crippen molar-refractivity contribution in [3.05, 3.63) is 71.3 Å². The zero-order valence-corrected chi connectivity index (χ0v) is 10.8. The van der Waals surface area contributed by atoms with Crippen molar-refractivity contribution in [1.82, 2.24) is 0 Å². The summed E-state index contributed by atoms with van der Waals surface area (Å²) in [5, 5.41) is 0. The molecule has 0 unspecified atom stereocenters. The van der Waals surface area contributed by atoms with Crippen LogP contribution in [-0.4, -0.2) is 12.9 Å². The minimum Gasteiger partial charge on any atom is -0.497 e. The van der Waals surface area contributed by atoms with Gasteiger partial charge in [-0.05, 0) is 48.0 Å². The van der Waals surface area contributed by atoms with E-state index in [1.165, 1.54) is 18.2 Å². The van der Waals surface area contributed by atoms with Crippen molar-refractivity contribution in [2.45, 2.75) is 0 Å².